The zero-order valence-electron chi connectivity index (χ0n) is 8.50. The Bertz CT molecular complexity index is 83.8. The maximum Gasteiger partial charge on any atom is 0.154 e. The number of ether oxygens (including phenoxy) is 3. The lowest BCUT2D eigenvalue weighted by Crippen LogP contribution is -2.19. The van der Waals surface area contributed by atoms with E-state index in [1.54, 1.807) is 7.11 Å². The summed E-state index contributed by atoms with van der Waals surface area (Å²) < 4.78 is 15.6. The monoisotopic (exact) mass is 176 g/mol. The van der Waals surface area contributed by atoms with Gasteiger partial charge in [0.1, 0.15) is 0 Å². The molecule has 0 saturated carbocycles. The zero-order valence-corrected chi connectivity index (χ0v) is 8.50. The molecule has 0 heterocycles. The molecule has 0 rings (SSSR count). The Kier molecular flexibility index (Phi) is 7.45. The molecular formula is C9H20O3. The molecule has 12 heavy (non-hydrogen) atoms. The van der Waals surface area contributed by atoms with Crippen molar-refractivity contribution in [3.8, 4) is 0 Å². The molecule has 0 aromatic rings. The van der Waals surface area contributed by atoms with E-state index in [0.717, 1.165) is 6.61 Å². The van der Waals surface area contributed by atoms with Crippen LogP contribution in [0.3, 0.4) is 0 Å². The first-order valence-corrected chi connectivity index (χ1v) is 4.42. The highest BCUT2D eigenvalue weighted by Crippen LogP contribution is 2.00. The minimum atomic E-state index is -0.102. The van der Waals surface area contributed by atoms with Crippen LogP contribution in [0.4, 0.5) is 0 Å². The molecule has 0 bridgehead atoms. The predicted molar refractivity (Wildman–Crippen MR) is 48.1 cm³/mol. The molecule has 0 spiro atoms. The zero-order chi connectivity index (χ0) is 9.40. The second-order valence-electron chi connectivity index (χ2n) is 2.92. The molecule has 3 nitrogen and oxygen atoms in total. The van der Waals surface area contributed by atoms with Crippen molar-refractivity contribution in [3.63, 3.8) is 0 Å². The van der Waals surface area contributed by atoms with E-state index in [2.05, 4.69) is 6.92 Å². The van der Waals surface area contributed by atoms with E-state index >= 15 is 0 Å². The maximum atomic E-state index is 5.39. The summed E-state index contributed by atoms with van der Waals surface area (Å²) in [5, 5.41) is 0. The highest BCUT2D eigenvalue weighted by Gasteiger charge is 2.05. The summed E-state index contributed by atoms with van der Waals surface area (Å²) in [6, 6.07) is 0. The second-order valence-corrected chi connectivity index (χ2v) is 2.92. The molecule has 0 aliphatic carbocycles. The van der Waals surface area contributed by atoms with Crippen LogP contribution in [0.25, 0.3) is 0 Å². The Morgan fingerprint density at radius 2 is 1.75 bits per heavy atom. The van der Waals surface area contributed by atoms with E-state index in [9.17, 15) is 0 Å². The topological polar surface area (TPSA) is 27.7 Å². The van der Waals surface area contributed by atoms with Gasteiger partial charge in [-0.2, -0.15) is 0 Å². The van der Waals surface area contributed by atoms with Crippen molar-refractivity contribution in [2.24, 2.45) is 5.92 Å². The molecule has 0 saturated heterocycles. The van der Waals surface area contributed by atoms with Gasteiger partial charge in [0.2, 0.25) is 0 Å². The van der Waals surface area contributed by atoms with Crippen LogP contribution in [0.15, 0.2) is 0 Å². The Morgan fingerprint density at radius 1 is 1.08 bits per heavy atom. The van der Waals surface area contributed by atoms with Gasteiger partial charge in [-0.25, -0.2) is 0 Å². The lowest BCUT2D eigenvalue weighted by atomic mass is 10.2. The molecule has 0 aliphatic rings. The van der Waals surface area contributed by atoms with Gasteiger partial charge in [-0.1, -0.05) is 6.92 Å². The Hall–Kier alpha value is -0.120. The minimum Gasteiger partial charge on any atom is -0.384 e. The molecule has 0 aromatic carbocycles. The van der Waals surface area contributed by atoms with Crippen molar-refractivity contribution in [2.45, 2.75) is 27.1 Å². The molecule has 0 aromatic heterocycles. The van der Waals surface area contributed by atoms with Gasteiger partial charge in [-0.15, -0.1) is 0 Å². The fourth-order valence-electron chi connectivity index (χ4n) is 0.915. The van der Waals surface area contributed by atoms with Crippen molar-refractivity contribution in [3.05, 3.63) is 0 Å². The van der Waals surface area contributed by atoms with E-state index in [4.69, 9.17) is 14.2 Å². The van der Waals surface area contributed by atoms with Gasteiger partial charge in [-0.3, -0.25) is 0 Å². The predicted octanol–water partition coefficient (Wildman–Crippen LogP) is 1.67. The summed E-state index contributed by atoms with van der Waals surface area (Å²) >= 11 is 0. The molecule has 3 heteroatoms. The molecule has 0 N–H and O–H groups in total. The number of methoxy groups -OCH3 is 1. The summed E-state index contributed by atoms with van der Waals surface area (Å²) in [4.78, 5) is 0. The average molecular weight is 176 g/mol. The van der Waals surface area contributed by atoms with Crippen LogP contribution in [0.5, 0.6) is 0 Å². The van der Waals surface area contributed by atoms with Crippen molar-refractivity contribution < 1.29 is 14.2 Å². The lowest BCUT2D eigenvalue weighted by Gasteiger charge is -2.16. The standard InChI is InChI=1S/C9H20O3/c1-5-11-9(3)12-7-8(2)6-10-4/h8-9H,5-7H2,1-4H3. The third-order valence-electron chi connectivity index (χ3n) is 1.47. The average Bonchev–Trinajstić information content (AvgIpc) is 2.02. The van der Waals surface area contributed by atoms with Crippen molar-refractivity contribution in [2.75, 3.05) is 26.9 Å². The normalized spacial score (nSPS) is 16.0. The first kappa shape index (κ1) is 11.9. The molecule has 2 atom stereocenters. The largest absolute Gasteiger partial charge is 0.384 e. The minimum absolute atomic E-state index is 0.102. The molecule has 0 amide bonds. The Morgan fingerprint density at radius 3 is 2.25 bits per heavy atom. The highest BCUT2D eigenvalue weighted by atomic mass is 16.7. The Balaban J connectivity index is 3.27. The van der Waals surface area contributed by atoms with Gasteiger partial charge >= 0.3 is 0 Å². The van der Waals surface area contributed by atoms with E-state index < -0.39 is 0 Å². The van der Waals surface area contributed by atoms with Crippen LogP contribution in [0.1, 0.15) is 20.8 Å². The highest BCUT2D eigenvalue weighted by molar-refractivity contribution is 4.47. The second kappa shape index (κ2) is 7.53. The number of hydrogen-bond acceptors (Lipinski definition) is 3. The first-order valence-electron chi connectivity index (χ1n) is 4.42. The van der Waals surface area contributed by atoms with Gasteiger partial charge in [-0.05, 0) is 13.8 Å². The van der Waals surface area contributed by atoms with Gasteiger partial charge in [0, 0.05) is 19.6 Å². The van der Waals surface area contributed by atoms with Crippen LogP contribution >= 0.6 is 0 Å². The quantitative estimate of drug-likeness (QED) is 0.552. The van der Waals surface area contributed by atoms with Crippen LogP contribution in [0.2, 0.25) is 0 Å². The van der Waals surface area contributed by atoms with E-state index in [-0.39, 0.29) is 6.29 Å². The molecule has 2 unspecified atom stereocenters. The van der Waals surface area contributed by atoms with Crippen molar-refractivity contribution in [1.29, 1.82) is 0 Å². The van der Waals surface area contributed by atoms with Gasteiger partial charge in [0.15, 0.2) is 6.29 Å². The fraction of sp³-hybridized carbons (Fsp3) is 1.00. The third-order valence-corrected chi connectivity index (χ3v) is 1.47. The molecule has 0 aliphatic heterocycles. The van der Waals surface area contributed by atoms with Crippen molar-refractivity contribution >= 4 is 0 Å². The SMILES string of the molecule is CCOC(C)OCC(C)COC. The van der Waals surface area contributed by atoms with E-state index in [1.807, 2.05) is 13.8 Å². The summed E-state index contributed by atoms with van der Waals surface area (Å²) in [7, 11) is 1.70. The van der Waals surface area contributed by atoms with Crippen molar-refractivity contribution in [1.82, 2.24) is 0 Å². The van der Waals surface area contributed by atoms with Gasteiger partial charge in [0.05, 0.1) is 13.2 Å². The number of hydrogen-bond donors (Lipinski definition) is 0. The summed E-state index contributed by atoms with van der Waals surface area (Å²) in [6.07, 6.45) is -0.102. The van der Waals surface area contributed by atoms with Gasteiger partial charge < -0.3 is 14.2 Å². The maximum absolute atomic E-state index is 5.39. The van der Waals surface area contributed by atoms with Crippen LogP contribution in [-0.4, -0.2) is 33.2 Å². The van der Waals surface area contributed by atoms with Gasteiger partial charge in [0.25, 0.3) is 0 Å². The van der Waals surface area contributed by atoms with Crippen LogP contribution < -0.4 is 0 Å². The lowest BCUT2D eigenvalue weighted by molar-refractivity contribution is -0.137. The number of rotatable bonds is 7. The summed E-state index contributed by atoms with van der Waals surface area (Å²) in [5.41, 5.74) is 0. The summed E-state index contributed by atoms with van der Waals surface area (Å²) in [6.45, 7) is 8.07. The fourth-order valence-corrected chi connectivity index (χ4v) is 0.915. The molecular weight excluding hydrogens is 156 g/mol. The molecule has 0 radical (unpaired) electrons. The Labute approximate surface area is 75.0 Å². The summed E-state index contributed by atoms with van der Waals surface area (Å²) in [5.74, 6) is 0.429. The van der Waals surface area contributed by atoms with Crippen LogP contribution in [0, 0.1) is 5.92 Å². The van der Waals surface area contributed by atoms with E-state index in [0.29, 0.717) is 19.1 Å². The molecule has 0 fully saturated rings. The van der Waals surface area contributed by atoms with Crippen LogP contribution in [-0.2, 0) is 14.2 Å². The molecule has 74 valence electrons. The van der Waals surface area contributed by atoms with E-state index in [1.165, 1.54) is 0 Å². The third kappa shape index (κ3) is 6.58. The smallest absolute Gasteiger partial charge is 0.154 e. The first-order chi connectivity index (χ1) is 5.70.